The third-order valence-electron chi connectivity index (χ3n) is 1.65. The largest absolute Gasteiger partial charge is 0.573 e. The second-order valence-electron chi connectivity index (χ2n) is 2.87. The lowest BCUT2D eigenvalue weighted by Gasteiger charge is -2.12. The van der Waals surface area contributed by atoms with Crippen molar-refractivity contribution in [2.75, 3.05) is 0 Å². The number of nitriles is 1. The highest BCUT2D eigenvalue weighted by atomic mass is 19.4. The van der Waals surface area contributed by atoms with Crippen molar-refractivity contribution in [2.45, 2.75) is 12.5 Å². The zero-order valence-electron chi connectivity index (χ0n) is 7.86. The van der Waals surface area contributed by atoms with Crippen molar-refractivity contribution in [1.29, 1.82) is 5.26 Å². The highest BCUT2D eigenvalue weighted by Gasteiger charge is 2.34. The van der Waals surface area contributed by atoms with Gasteiger partial charge in [-0.2, -0.15) is 18.4 Å². The molecule has 0 spiro atoms. The summed E-state index contributed by atoms with van der Waals surface area (Å²) >= 11 is 0. The van der Waals surface area contributed by atoms with Gasteiger partial charge in [-0.3, -0.25) is 0 Å². The van der Waals surface area contributed by atoms with Gasteiger partial charge >= 0.3 is 12.5 Å². The Bertz CT molecular complexity index is 456. The Labute approximate surface area is 91.0 Å². The molecule has 0 saturated heterocycles. The van der Waals surface area contributed by atoms with Crippen molar-refractivity contribution < 1.29 is 31.1 Å². The summed E-state index contributed by atoms with van der Waals surface area (Å²) in [5, 5.41) is 8.44. The monoisotopic (exact) mass is 255 g/mol. The van der Waals surface area contributed by atoms with Gasteiger partial charge in [-0.05, 0) is 18.2 Å². The lowest BCUT2D eigenvalue weighted by Crippen LogP contribution is -2.18. The molecule has 8 heteroatoms. The Morgan fingerprint density at radius 3 is 2.06 bits per heavy atom. The van der Waals surface area contributed by atoms with Gasteiger partial charge < -0.3 is 4.74 Å². The molecule has 0 radical (unpaired) electrons. The van der Waals surface area contributed by atoms with Crippen LogP contribution in [0.15, 0.2) is 18.2 Å². The van der Waals surface area contributed by atoms with E-state index in [1.807, 2.05) is 0 Å². The van der Waals surface area contributed by atoms with Gasteiger partial charge in [-0.15, -0.1) is 13.2 Å². The molecule has 0 N–H and O–H groups in total. The summed E-state index contributed by atoms with van der Waals surface area (Å²) in [7, 11) is 0. The van der Waals surface area contributed by atoms with E-state index in [2.05, 4.69) is 4.74 Å². The number of rotatable bonds is 1. The lowest BCUT2D eigenvalue weighted by molar-refractivity contribution is -0.274. The van der Waals surface area contributed by atoms with Crippen molar-refractivity contribution in [3.8, 4) is 11.8 Å². The van der Waals surface area contributed by atoms with E-state index < -0.39 is 29.4 Å². The molecule has 1 aromatic carbocycles. The molecule has 1 aromatic rings. The van der Waals surface area contributed by atoms with E-state index in [-0.39, 0.29) is 0 Å². The minimum absolute atomic E-state index is 0.293. The van der Waals surface area contributed by atoms with Crippen molar-refractivity contribution in [1.82, 2.24) is 0 Å². The van der Waals surface area contributed by atoms with E-state index in [1.165, 1.54) is 6.07 Å². The van der Waals surface area contributed by atoms with Gasteiger partial charge in [0.25, 0.3) is 0 Å². The van der Waals surface area contributed by atoms with Crippen molar-refractivity contribution in [2.24, 2.45) is 0 Å². The zero-order chi connectivity index (χ0) is 13.3. The standard InChI is InChI=1S/C9H3F6NO/c10-8(11,12)6-1-2-7(5(3-6)4-16)17-9(13,14)15/h1-3H. The van der Waals surface area contributed by atoms with Crippen LogP contribution in [0.3, 0.4) is 0 Å². The van der Waals surface area contributed by atoms with Crippen LogP contribution in [0.25, 0.3) is 0 Å². The molecule has 0 atom stereocenters. The molecule has 0 unspecified atom stereocenters. The van der Waals surface area contributed by atoms with Crippen LogP contribution in [0.1, 0.15) is 11.1 Å². The maximum atomic E-state index is 12.2. The molecule has 0 aliphatic rings. The fourth-order valence-electron chi connectivity index (χ4n) is 1.01. The average molecular weight is 255 g/mol. The van der Waals surface area contributed by atoms with E-state index >= 15 is 0 Å². The highest BCUT2D eigenvalue weighted by Crippen LogP contribution is 2.33. The molecule has 2 nitrogen and oxygen atoms in total. The zero-order valence-corrected chi connectivity index (χ0v) is 7.86. The van der Waals surface area contributed by atoms with Gasteiger partial charge in [-0.1, -0.05) is 0 Å². The number of alkyl halides is 6. The minimum Gasteiger partial charge on any atom is -0.404 e. The van der Waals surface area contributed by atoms with E-state index in [9.17, 15) is 26.3 Å². The van der Waals surface area contributed by atoms with Crippen LogP contribution < -0.4 is 4.74 Å². The van der Waals surface area contributed by atoms with E-state index in [1.54, 1.807) is 0 Å². The third kappa shape index (κ3) is 3.55. The maximum absolute atomic E-state index is 12.2. The number of ether oxygens (including phenoxy) is 1. The van der Waals surface area contributed by atoms with Crippen molar-refractivity contribution in [3.05, 3.63) is 29.3 Å². The summed E-state index contributed by atoms with van der Waals surface area (Å²) in [6.45, 7) is 0. The fourth-order valence-corrected chi connectivity index (χ4v) is 1.01. The maximum Gasteiger partial charge on any atom is 0.573 e. The second-order valence-corrected chi connectivity index (χ2v) is 2.87. The molecule has 0 aliphatic heterocycles. The fraction of sp³-hybridized carbons (Fsp3) is 0.222. The Hall–Kier alpha value is -1.91. The van der Waals surface area contributed by atoms with Crippen LogP contribution in [-0.2, 0) is 6.18 Å². The Morgan fingerprint density at radius 1 is 1.06 bits per heavy atom. The van der Waals surface area contributed by atoms with Crippen molar-refractivity contribution in [3.63, 3.8) is 0 Å². The first-order valence-electron chi connectivity index (χ1n) is 4.00. The topological polar surface area (TPSA) is 33.0 Å². The van der Waals surface area contributed by atoms with Gasteiger partial charge in [0.2, 0.25) is 0 Å². The van der Waals surface area contributed by atoms with Gasteiger partial charge in [0, 0.05) is 0 Å². The first-order chi connectivity index (χ1) is 7.63. The molecule has 1 rings (SSSR count). The molecule has 0 aromatic heterocycles. The number of hydrogen-bond acceptors (Lipinski definition) is 2. The van der Waals surface area contributed by atoms with Gasteiger partial charge in [0.1, 0.15) is 11.8 Å². The highest BCUT2D eigenvalue weighted by molar-refractivity contribution is 5.46. The molecule has 0 fully saturated rings. The van der Waals surface area contributed by atoms with Crippen LogP contribution in [0, 0.1) is 11.3 Å². The minimum atomic E-state index is -5.06. The molecular weight excluding hydrogens is 252 g/mol. The van der Waals surface area contributed by atoms with E-state index in [0.29, 0.717) is 18.2 Å². The number of halogens is 6. The van der Waals surface area contributed by atoms with Gasteiger partial charge in [0.05, 0.1) is 11.1 Å². The molecule has 0 aliphatic carbocycles. The molecule has 0 saturated carbocycles. The summed E-state index contributed by atoms with van der Waals surface area (Å²) in [4.78, 5) is 0. The smallest absolute Gasteiger partial charge is 0.404 e. The quantitative estimate of drug-likeness (QED) is 0.720. The predicted octanol–water partition coefficient (Wildman–Crippen LogP) is 3.48. The SMILES string of the molecule is N#Cc1cc(C(F)(F)F)ccc1OC(F)(F)F. The second kappa shape index (κ2) is 4.16. The van der Waals surface area contributed by atoms with Crippen LogP contribution in [0.4, 0.5) is 26.3 Å². The van der Waals surface area contributed by atoms with Crippen LogP contribution in [-0.4, -0.2) is 6.36 Å². The summed E-state index contributed by atoms with van der Waals surface area (Å²) in [5.74, 6) is -0.965. The Balaban J connectivity index is 3.16. The average Bonchev–Trinajstić information content (AvgIpc) is 2.14. The van der Waals surface area contributed by atoms with Crippen LogP contribution in [0.5, 0.6) is 5.75 Å². The molecular formula is C9H3F6NO. The summed E-state index contributed by atoms with van der Waals surface area (Å²) in [6, 6.07) is 2.36. The Kier molecular flexibility index (Phi) is 3.22. The van der Waals surface area contributed by atoms with Crippen LogP contribution >= 0.6 is 0 Å². The molecule has 92 valence electrons. The molecule has 0 amide bonds. The normalized spacial score (nSPS) is 12.1. The number of benzene rings is 1. The lowest BCUT2D eigenvalue weighted by atomic mass is 10.1. The molecule has 17 heavy (non-hydrogen) atoms. The molecule has 0 bridgehead atoms. The van der Waals surface area contributed by atoms with Crippen LogP contribution in [0.2, 0.25) is 0 Å². The third-order valence-corrected chi connectivity index (χ3v) is 1.65. The molecule has 0 heterocycles. The summed E-state index contributed by atoms with van der Waals surface area (Å²) in [5.41, 5.74) is -2.05. The van der Waals surface area contributed by atoms with E-state index in [0.717, 1.165) is 0 Å². The van der Waals surface area contributed by atoms with E-state index in [4.69, 9.17) is 5.26 Å². The predicted molar refractivity (Wildman–Crippen MR) is 42.8 cm³/mol. The number of hydrogen-bond donors (Lipinski definition) is 0. The van der Waals surface area contributed by atoms with Gasteiger partial charge in [-0.25, -0.2) is 0 Å². The van der Waals surface area contributed by atoms with Crippen molar-refractivity contribution >= 4 is 0 Å². The summed E-state index contributed by atoms with van der Waals surface area (Å²) in [6.07, 6.45) is -9.80. The summed E-state index contributed by atoms with van der Waals surface area (Å²) < 4.78 is 75.5. The van der Waals surface area contributed by atoms with Gasteiger partial charge in [0.15, 0.2) is 0 Å². The Morgan fingerprint density at radius 2 is 1.65 bits per heavy atom. The first kappa shape index (κ1) is 13.2. The number of nitrogens with zero attached hydrogens (tertiary/aromatic N) is 1. The first-order valence-corrected chi connectivity index (χ1v) is 4.00.